The first-order valence-corrected chi connectivity index (χ1v) is 7.08. The van der Waals surface area contributed by atoms with Crippen LogP contribution in [0.15, 0.2) is 54.7 Å². The van der Waals surface area contributed by atoms with Gasteiger partial charge in [-0.1, -0.05) is 46.6 Å². The van der Waals surface area contributed by atoms with Gasteiger partial charge >= 0.3 is 0 Å². The predicted octanol–water partition coefficient (Wildman–Crippen LogP) is 3.62. The Bertz CT molecular complexity index is 735. The molecule has 106 valence electrons. The molecule has 0 spiro atoms. The molecule has 2 aromatic carbocycles. The summed E-state index contributed by atoms with van der Waals surface area (Å²) in [6, 6.07) is 14.5. The van der Waals surface area contributed by atoms with Crippen LogP contribution in [0.4, 0.5) is 0 Å². The zero-order valence-electron chi connectivity index (χ0n) is 10.9. The van der Waals surface area contributed by atoms with E-state index in [1.807, 2.05) is 30.3 Å². The molecule has 0 fully saturated rings. The fourth-order valence-corrected chi connectivity index (χ4v) is 2.69. The minimum absolute atomic E-state index is 0.420. The maximum Gasteiger partial charge on any atom is 0.0858 e. The highest BCUT2D eigenvalue weighted by Crippen LogP contribution is 2.26. The van der Waals surface area contributed by atoms with Crippen LogP contribution in [0.3, 0.4) is 0 Å². The van der Waals surface area contributed by atoms with Crippen molar-refractivity contribution in [2.75, 3.05) is 0 Å². The molecule has 4 nitrogen and oxygen atoms in total. The molecular weight excluding hydrogens is 307 g/mol. The third-order valence-corrected chi connectivity index (χ3v) is 3.58. The molecule has 1 unspecified atom stereocenters. The molecule has 0 aliphatic heterocycles. The summed E-state index contributed by atoms with van der Waals surface area (Å²) >= 11 is 12.1. The fourth-order valence-electron chi connectivity index (χ4n) is 2.15. The maximum absolute atomic E-state index is 6.32. The lowest BCUT2D eigenvalue weighted by molar-refractivity contribution is 0.720. The van der Waals surface area contributed by atoms with E-state index in [-0.39, 0.29) is 0 Å². The van der Waals surface area contributed by atoms with Gasteiger partial charge in [0.05, 0.1) is 23.6 Å². The standard InChI is InChI=1S/C15H12Cl2N4/c16-11-6-10(7-12(17)8-11)15(18)14-9-19-20-21(14)13-4-2-1-3-5-13/h1-9,15H,18H2. The lowest BCUT2D eigenvalue weighted by atomic mass is 10.1. The maximum atomic E-state index is 6.32. The molecule has 0 radical (unpaired) electrons. The number of halogens is 2. The largest absolute Gasteiger partial charge is 0.319 e. The second-order valence-corrected chi connectivity index (χ2v) is 5.46. The van der Waals surface area contributed by atoms with Gasteiger partial charge in [0.15, 0.2) is 0 Å². The first-order chi connectivity index (χ1) is 10.1. The summed E-state index contributed by atoms with van der Waals surface area (Å²) in [5.74, 6) is 0. The van der Waals surface area contributed by atoms with Crippen LogP contribution in [0.5, 0.6) is 0 Å². The normalized spacial score (nSPS) is 12.3. The number of hydrogen-bond donors (Lipinski definition) is 1. The molecule has 1 atom stereocenters. The van der Waals surface area contributed by atoms with E-state index < -0.39 is 6.04 Å². The summed E-state index contributed by atoms with van der Waals surface area (Å²) in [4.78, 5) is 0. The van der Waals surface area contributed by atoms with E-state index in [1.165, 1.54) is 0 Å². The molecule has 3 rings (SSSR count). The smallest absolute Gasteiger partial charge is 0.0858 e. The third kappa shape index (κ3) is 2.93. The fraction of sp³-hybridized carbons (Fsp3) is 0.0667. The SMILES string of the molecule is NC(c1cc(Cl)cc(Cl)c1)c1cnnn1-c1ccccc1. The molecule has 2 N–H and O–H groups in total. The monoisotopic (exact) mass is 318 g/mol. The Labute approximate surface area is 132 Å². The van der Waals surface area contributed by atoms with E-state index in [0.29, 0.717) is 10.0 Å². The summed E-state index contributed by atoms with van der Waals surface area (Å²) in [6.07, 6.45) is 1.65. The lowest BCUT2D eigenvalue weighted by Gasteiger charge is -2.14. The van der Waals surface area contributed by atoms with Gasteiger partial charge < -0.3 is 5.73 Å². The van der Waals surface area contributed by atoms with Crippen molar-refractivity contribution in [3.63, 3.8) is 0 Å². The highest BCUT2D eigenvalue weighted by atomic mass is 35.5. The van der Waals surface area contributed by atoms with Gasteiger partial charge in [-0.25, -0.2) is 4.68 Å². The molecular formula is C15H12Cl2N4. The van der Waals surface area contributed by atoms with Crippen LogP contribution in [-0.2, 0) is 0 Å². The second-order valence-electron chi connectivity index (χ2n) is 4.59. The highest BCUT2D eigenvalue weighted by Gasteiger charge is 2.17. The summed E-state index contributed by atoms with van der Waals surface area (Å²) in [6.45, 7) is 0. The lowest BCUT2D eigenvalue weighted by Crippen LogP contribution is -2.16. The summed E-state index contributed by atoms with van der Waals surface area (Å²) in [5, 5.41) is 9.15. The van der Waals surface area contributed by atoms with Crippen molar-refractivity contribution in [1.82, 2.24) is 15.0 Å². The zero-order chi connectivity index (χ0) is 14.8. The minimum Gasteiger partial charge on any atom is -0.319 e. The van der Waals surface area contributed by atoms with Gasteiger partial charge in [0.25, 0.3) is 0 Å². The van der Waals surface area contributed by atoms with Gasteiger partial charge in [-0.05, 0) is 35.9 Å². The number of benzene rings is 2. The van der Waals surface area contributed by atoms with Crippen LogP contribution >= 0.6 is 23.2 Å². The Morgan fingerprint density at radius 3 is 2.33 bits per heavy atom. The van der Waals surface area contributed by atoms with Crippen molar-refractivity contribution >= 4 is 23.2 Å². The van der Waals surface area contributed by atoms with Gasteiger partial charge in [0.1, 0.15) is 0 Å². The number of nitrogens with zero attached hydrogens (tertiary/aromatic N) is 3. The Hall–Kier alpha value is -1.88. The average molecular weight is 319 g/mol. The number of hydrogen-bond acceptors (Lipinski definition) is 3. The molecule has 0 saturated heterocycles. The van der Waals surface area contributed by atoms with E-state index in [4.69, 9.17) is 28.9 Å². The third-order valence-electron chi connectivity index (χ3n) is 3.14. The Morgan fingerprint density at radius 2 is 1.67 bits per heavy atom. The van der Waals surface area contributed by atoms with Crippen molar-refractivity contribution in [2.45, 2.75) is 6.04 Å². The molecule has 3 aromatic rings. The predicted molar refractivity (Wildman–Crippen MR) is 83.9 cm³/mol. The second kappa shape index (κ2) is 5.85. The van der Waals surface area contributed by atoms with Crippen molar-refractivity contribution in [2.24, 2.45) is 5.73 Å². The van der Waals surface area contributed by atoms with Crippen LogP contribution in [0, 0.1) is 0 Å². The van der Waals surface area contributed by atoms with E-state index in [0.717, 1.165) is 16.9 Å². The number of aromatic nitrogens is 3. The molecule has 0 aliphatic carbocycles. The van der Waals surface area contributed by atoms with Crippen molar-refractivity contribution < 1.29 is 0 Å². The van der Waals surface area contributed by atoms with Gasteiger partial charge in [-0.15, -0.1) is 5.10 Å². The average Bonchev–Trinajstić information content (AvgIpc) is 2.95. The Kier molecular flexibility index (Phi) is 3.92. The topological polar surface area (TPSA) is 56.7 Å². The van der Waals surface area contributed by atoms with Crippen molar-refractivity contribution in [3.8, 4) is 5.69 Å². The van der Waals surface area contributed by atoms with E-state index in [1.54, 1.807) is 29.1 Å². The number of nitrogens with two attached hydrogens (primary N) is 1. The number of rotatable bonds is 3. The molecule has 1 aromatic heterocycles. The van der Waals surface area contributed by atoms with Crippen molar-refractivity contribution in [3.05, 3.63) is 76.0 Å². The van der Waals surface area contributed by atoms with Gasteiger partial charge in [-0.2, -0.15) is 0 Å². The Balaban J connectivity index is 2.03. The first-order valence-electron chi connectivity index (χ1n) is 6.33. The molecule has 0 bridgehead atoms. The van der Waals surface area contributed by atoms with Crippen molar-refractivity contribution in [1.29, 1.82) is 0 Å². The molecule has 0 amide bonds. The number of para-hydroxylation sites is 1. The molecule has 21 heavy (non-hydrogen) atoms. The summed E-state index contributed by atoms with van der Waals surface area (Å²) in [5.41, 5.74) is 8.79. The van der Waals surface area contributed by atoms with E-state index >= 15 is 0 Å². The quantitative estimate of drug-likeness (QED) is 0.802. The van der Waals surface area contributed by atoms with Gasteiger partial charge in [0, 0.05) is 10.0 Å². The van der Waals surface area contributed by atoms with Crippen LogP contribution < -0.4 is 5.73 Å². The summed E-state index contributed by atoms with van der Waals surface area (Å²) in [7, 11) is 0. The van der Waals surface area contributed by atoms with Gasteiger partial charge in [0.2, 0.25) is 0 Å². The molecule has 6 heteroatoms. The van der Waals surface area contributed by atoms with Crippen LogP contribution in [0.2, 0.25) is 10.0 Å². The minimum atomic E-state index is -0.420. The van der Waals surface area contributed by atoms with Crippen LogP contribution in [0.1, 0.15) is 17.3 Å². The zero-order valence-corrected chi connectivity index (χ0v) is 12.5. The first kappa shape index (κ1) is 14.1. The van der Waals surface area contributed by atoms with Crippen LogP contribution in [-0.4, -0.2) is 15.0 Å². The van der Waals surface area contributed by atoms with E-state index in [9.17, 15) is 0 Å². The Morgan fingerprint density at radius 1 is 1.00 bits per heavy atom. The van der Waals surface area contributed by atoms with Crippen LogP contribution in [0.25, 0.3) is 5.69 Å². The van der Waals surface area contributed by atoms with E-state index in [2.05, 4.69) is 10.3 Å². The van der Waals surface area contributed by atoms with Gasteiger partial charge in [-0.3, -0.25) is 0 Å². The highest BCUT2D eigenvalue weighted by molar-refractivity contribution is 6.34. The molecule has 0 aliphatic rings. The summed E-state index contributed by atoms with van der Waals surface area (Å²) < 4.78 is 1.71. The molecule has 1 heterocycles. The molecule has 0 saturated carbocycles.